The lowest BCUT2D eigenvalue weighted by atomic mass is 10.00. The molecule has 2 rings (SSSR count). The molecule has 0 bridgehead atoms. The highest BCUT2D eigenvalue weighted by atomic mass is 35.5. The maximum absolute atomic E-state index is 14.8. The molecule has 0 unspecified atom stereocenters. The van der Waals surface area contributed by atoms with Gasteiger partial charge < -0.3 is 14.8 Å². The van der Waals surface area contributed by atoms with Gasteiger partial charge in [-0.25, -0.2) is 18.0 Å². The number of hydrogen-bond acceptors (Lipinski definition) is 3. The van der Waals surface area contributed by atoms with Crippen LogP contribution >= 0.6 is 23.2 Å². The first-order valence-electron chi connectivity index (χ1n) is 9.06. The average Bonchev–Trinajstić information content (AvgIpc) is 2.58. The third kappa shape index (κ3) is 6.71. The lowest BCUT2D eigenvalue weighted by Gasteiger charge is -2.22. The van der Waals surface area contributed by atoms with E-state index in [0.29, 0.717) is 5.56 Å². The number of carbonyl (C=O) groups excluding carboxylic acids is 1. The van der Waals surface area contributed by atoms with E-state index in [1.165, 1.54) is 24.3 Å². The number of alkyl halides is 2. The van der Waals surface area contributed by atoms with Gasteiger partial charge in [0.25, 0.3) is 6.43 Å². The summed E-state index contributed by atoms with van der Waals surface area (Å²) in [5, 5.41) is 2.83. The van der Waals surface area contributed by atoms with Crippen molar-refractivity contribution < 1.29 is 27.4 Å². The first-order valence-corrected chi connectivity index (χ1v) is 9.82. The molecule has 1 amide bonds. The van der Waals surface area contributed by atoms with E-state index in [9.17, 15) is 18.0 Å². The highest BCUT2D eigenvalue weighted by Gasteiger charge is 2.21. The van der Waals surface area contributed by atoms with Crippen LogP contribution < -0.4 is 10.1 Å². The summed E-state index contributed by atoms with van der Waals surface area (Å²) >= 11 is 12.1. The second-order valence-corrected chi connectivity index (χ2v) is 8.41. The molecule has 0 heterocycles. The van der Waals surface area contributed by atoms with Crippen LogP contribution in [0.2, 0.25) is 10.0 Å². The SMILES string of the molecule is C[C@@H](NC(=O)OC(C)(C)C)c1ccc(-c2cc(Cl)cc(Cl)c2OCC(F)F)cc1F. The summed E-state index contributed by atoms with van der Waals surface area (Å²) in [5.41, 5.74) is 0.126. The van der Waals surface area contributed by atoms with Crippen LogP contribution in [0.4, 0.5) is 18.0 Å². The van der Waals surface area contributed by atoms with E-state index in [1.54, 1.807) is 33.8 Å². The molecule has 1 atom stereocenters. The van der Waals surface area contributed by atoms with Gasteiger partial charge in [0.2, 0.25) is 0 Å². The van der Waals surface area contributed by atoms with E-state index in [1.807, 2.05) is 0 Å². The number of nitrogens with one attached hydrogen (secondary N) is 1. The molecule has 2 aromatic rings. The van der Waals surface area contributed by atoms with Crippen LogP contribution in [0.15, 0.2) is 30.3 Å². The molecule has 0 aliphatic carbocycles. The number of alkyl carbamates (subject to hydrolysis) is 1. The van der Waals surface area contributed by atoms with E-state index < -0.39 is 36.6 Å². The summed E-state index contributed by atoms with van der Waals surface area (Å²) in [7, 11) is 0. The molecule has 30 heavy (non-hydrogen) atoms. The van der Waals surface area contributed by atoms with Crippen molar-refractivity contribution in [2.75, 3.05) is 6.61 Å². The van der Waals surface area contributed by atoms with Crippen LogP contribution in [0.3, 0.4) is 0 Å². The van der Waals surface area contributed by atoms with Gasteiger partial charge in [-0.3, -0.25) is 0 Å². The first-order chi connectivity index (χ1) is 13.9. The number of ether oxygens (including phenoxy) is 2. The van der Waals surface area contributed by atoms with Crippen molar-refractivity contribution in [3.05, 3.63) is 51.8 Å². The minimum Gasteiger partial charge on any atom is -0.485 e. The molecular weight excluding hydrogens is 442 g/mol. The van der Waals surface area contributed by atoms with Gasteiger partial charge in [-0.2, -0.15) is 0 Å². The van der Waals surface area contributed by atoms with Crippen molar-refractivity contribution in [1.29, 1.82) is 0 Å². The molecule has 164 valence electrons. The predicted octanol–water partition coefficient (Wildman–Crippen LogP) is 7.03. The van der Waals surface area contributed by atoms with Crippen molar-refractivity contribution in [3.8, 4) is 16.9 Å². The van der Waals surface area contributed by atoms with E-state index in [4.69, 9.17) is 32.7 Å². The second kappa shape index (κ2) is 9.79. The summed E-state index contributed by atoms with van der Waals surface area (Å²) in [6.45, 7) is 5.89. The van der Waals surface area contributed by atoms with Crippen molar-refractivity contribution in [2.24, 2.45) is 0 Å². The predicted molar refractivity (Wildman–Crippen MR) is 111 cm³/mol. The van der Waals surface area contributed by atoms with Crippen LogP contribution in [0.5, 0.6) is 5.75 Å². The Labute approximate surface area is 183 Å². The largest absolute Gasteiger partial charge is 0.485 e. The Morgan fingerprint density at radius 1 is 1.17 bits per heavy atom. The number of benzene rings is 2. The minimum absolute atomic E-state index is 0.0200. The Morgan fingerprint density at radius 2 is 1.83 bits per heavy atom. The van der Waals surface area contributed by atoms with Gasteiger partial charge in [-0.1, -0.05) is 35.3 Å². The molecule has 0 aliphatic rings. The molecule has 1 N–H and O–H groups in total. The van der Waals surface area contributed by atoms with Crippen LogP contribution in [-0.4, -0.2) is 24.7 Å². The normalized spacial score (nSPS) is 12.6. The van der Waals surface area contributed by atoms with E-state index >= 15 is 0 Å². The lowest BCUT2D eigenvalue weighted by Crippen LogP contribution is -2.34. The Balaban J connectivity index is 2.32. The summed E-state index contributed by atoms with van der Waals surface area (Å²) in [6, 6.07) is 6.35. The monoisotopic (exact) mass is 463 g/mol. The molecule has 0 aromatic heterocycles. The van der Waals surface area contributed by atoms with Crippen LogP contribution in [0.1, 0.15) is 39.3 Å². The molecule has 2 aromatic carbocycles. The first kappa shape index (κ1) is 24.2. The van der Waals surface area contributed by atoms with Crippen molar-refractivity contribution in [1.82, 2.24) is 5.32 Å². The molecule has 9 heteroatoms. The minimum atomic E-state index is -2.71. The van der Waals surface area contributed by atoms with Crippen molar-refractivity contribution in [3.63, 3.8) is 0 Å². The Bertz CT molecular complexity index is 917. The number of amides is 1. The van der Waals surface area contributed by atoms with Gasteiger partial charge in [0.15, 0.2) is 0 Å². The van der Waals surface area contributed by atoms with Gasteiger partial charge in [0.1, 0.15) is 23.8 Å². The highest BCUT2D eigenvalue weighted by Crippen LogP contribution is 2.40. The van der Waals surface area contributed by atoms with Crippen LogP contribution in [0.25, 0.3) is 11.1 Å². The number of hydrogen-bond donors (Lipinski definition) is 1. The number of halogens is 5. The van der Waals surface area contributed by atoms with E-state index in [-0.39, 0.29) is 26.9 Å². The fourth-order valence-corrected chi connectivity index (χ4v) is 3.22. The summed E-state index contributed by atoms with van der Waals surface area (Å²) in [4.78, 5) is 11.9. The molecule has 0 fully saturated rings. The number of rotatable bonds is 6. The molecule has 0 saturated carbocycles. The smallest absolute Gasteiger partial charge is 0.408 e. The third-order valence-corrected chi connectivity index (χ3v) is 4.37. The summed E-state index contributed by atoms with van der Waals surface area (Å²) in [5.74, 6) is -0.639. The van der Waals surface area contributed by atoms with Crippen LogP contribution in [-0.2, 0) is 4.74 Å². The average molecular weight is 464 g/mol. The van der Waals surface area contributed by atoms with Gasteiger partial charge in [-0.05, 0) is 51.5 Å². The topological polar surface area (TPSA) is 47.6 Å². The van der Waals surface area contributed by atoms with Gasteiger partial charge in [-0.15, -0.1) is 0 Å². The maximum atomic E-state index is 14.8. The zero-order chi connectivity index (χ0) is 22.6. The maximum Gasteiger partial charge on any atom is 0.408 e. The molecule has 0 spiro atoms. The molecule has 4 nitrogen and oxygen atoms in total. The second-order valence-electron chi connectivity index (χ2n) is 7.57. The molecule has 0 radical (unpaired) electrons. The van der Waals surface area contributed by atoms with Gasteiger partial charge in [0, 0.05) is 16.1 Å². The summed E-state index contributed by atoms with van der Waals surface area (Å²) in [6.07, 6.45) is -3.38. The fraction of sp³-hybridized carbons (Fsp3) is 0.381. The zero-order valence-electron chi connectivity index (χ0n) is 16.9. The standard InChI is InChI=1S/C21H22Cl2F3NO3/c1-11(27-20(28)30-21(2,3)4)14-6-5-12(7-17(14)24)15-8-13(22)9-16(23)19(15)29-10-18(25)26/h5-9,11,18H,10H2,1-4H3,(H,27,28)/t11-/m1/s1. The van der Waals surface area contributed by atoms with E-state index in [2.05, 4.69) is 5.32 Å². The Morgan fingerprint density at radius 3 is 2.40 bits per heavy atom. The Kier molecular flexibility index (Phi) is 7.88. The quantitative estimate of drug-likeness (QED) is 0.500. The lowest BCUT2D eigenvalue weighted by molar-refractivity contribution is 0.0507. The molecule has 0 aliphatic heterocycles. The fourth-order valence-electron chi connectivity index (χ4n) is 2.68. The molecular formula is C21H22Cl2F3NO3. The van der Waals surface area contributed by atoms with Crippen LogP contribution in [0, 0.1) is 5.82 Å². The summed E-state index contributed by atoms with van der Waals surface area (Å²) < 4.78 is 50.3. The molecule has 0 saturated heterocycles. The van der Waals surface area contributed by atoms with Crippen molar-refractivity contribution in [2.45, 2.75) is 45.8 Å². The van der Waals surface area contributed by atoms with E-state index in [0.717, 1.165) is 0 Å². The highest BCUT2D eigenvalue weighted by molar-refractivity contribution is 6.36. The Hall–Kier alpha value is -2.12. The zero-order valence-corrected chi connectivity index (χ0v) is 18.4. The number of carbonyl (C=O) groups is 1. The van der Waals surface area contributed by atoms with Gasteiger partial charge >= 0.3 is 6.09 Å². The van der Waals surface area contributed by atoms with Gasteiger partial charge in [0.05, 0.1) is 11.1 Å². The van der Waals surface area contributed by atoms with Crippen molar-refractivity contribution >= 4 is 29.3 Å². The third-order valence-electron chi connectivity index (χ3n) is 3.87.